The molecule has 0 spiro atoms. The molecule has 0 radical (unpaired) electrons. The standard InChI is InChI=1S/C20H8Cl4F3NO2/c21-8-5-9(22)14(24)18(13(8)23)28-19-15(25)7-4-6-2-1-3-10(29)11(6)20(30)12(7)16(26)17(19)27/h1-2,4-5,15,28H,3H2. The molecular weight excluding hydrogens is 485 g/mol. The fourth-order valence-corrected chi connectivity index (χ4v) is 4.27. The number of carbonyl (C=O) groups is 2. The fraction of sp³-hybridized carbons (Fsp3) is 0.100. The van der Waals surface area contributed by atoms with Gasteiger partial charge in [0.15, 0.2) is 23.6 Å². The van der Waals surface area contributed by atoms with E-state index in [9.17, 15) is 18.4 Å². The van der Waals surface area contributed by atoms with E-state index in [1.54, 1.807) is 0 Å². The Balaban J connectivity index is 1.86. The summed E-state index contributed by atoms with van der Waals surface area (Å²) in [5, 5.41) is 1.85. The van der Waals surface area contributed by atoms with Gasteiger partial charge in [-0.05, 0) is 17.7 Å². The minimum atomic E-state index is -2.28. The summed E-state index contributed by atoms with van der Waals surface area (Å²) in [6, 6.07) is 1.23. The van der Waals surface area contributed by atoms with Crippen molar-refractivity contribution in [3.63, 3.8) is 0 Å². The molecule has 1 aromatic carbocycles. The van der Waals surface area contributed by atoms with Crippen molar-refractivity contribution in [2.24, 2.45) is 0 Å². The Labute approximate surface area is 188 Å². The molecule has 1 aromatic rings. The lowest BCUT2D eigenvalue weighted by atomic mass is 9.77. The highest BCUT2D eigenvalue weighted by molar-refractivity contribution is 6.50. The zero-order chi connectivity index (χ0) is 21.9. The zero-order valence-corrected chi connectivity index (χ0v) is 17.6. The number of rotatable bonds is 2. The first kappa shape index (κ1) is 21.2. The van der Waals surface area contributed by atoms with Crippen LogP contribution in [0.3, 0.4) is 0 Å². The Kier molecular flexibility index (Phi) is 5.39. The van der Waals surface area contributed by atoms with Crippen molar-refractivity contribution in [3.05, 3.63) is 84.0 Å². The number of halogens is 7. The molecule has 0 aromatic heterocycles. The third-order valence-electron chi connectivity index (χ3n) is 4.77. The molecule has 3 aliphatic rings. The van der Waals surface area contributed by atoms with Gasteiger partial charge in [0.05, 0.1) is 42.6 Å². The van der Waals surface area contributed by atoms with E-state index in [4.69, 9.17) is 46.4 Å². The molecule has 30 heavy (non-hydrogen) atoms. The Hall–Kier alpha value is -1.99. The van der Waals surface area contributed by atoms with Gasteiger partial charge in [0.2, 0.25) is 5.78 Å². The number of hydrogen-bond acceptors (Lipinski definition) is 3. The SMILES string of the molecule is O=C1CC=CC2=C1C(=O)C1=C(F)C(F)=C(Nc3c(Cl)c(Cl)cc(Cl)c3Cl)C(F)C1=C2. The average Bonchev–Trinajstić information content (AvgIpc) is 2.70. The Morgan fingerprint density at radius 3 is 2.23 bits per heavy atom. The molecule has 4 rings (SSSR count). The van der Waals surface area contributed by atoms with Gasteiger partial charge in [-0.25, -0.2) is 13.2 Å². The molecule has 154 valence electrons. The van der Waals surface area contributed by atoms with Crippen LogP contribution in [0, 0.1) is 0 Å². The number of allylic oxidation sites excluding steroid dienone is 9. The first-order valence-corrected chi connectivity index (χ1v) is 9.89. The third kappa shape index (κ3) is 3.14. The minimum Gasteiger partial charge on any atom is -0.351 e. The van der Waals surface area contributed by atoms with Crippen LogP contribution >= 0.6 is 46.4 Å². The quantitative estimate of drug-likeness (QED) is 0.364. The van der Waals surface area contributed by atoms with E-state index >= 15 is 4.39 Å². The highest BCUT2D eigenvalue weighted by atomic mass is 35.5. The van der Waals surface area contributed by atoms with Crippen LogP contribution in [0.2, 0.25) is 20.1 Å². The van der Waals surface area contributed by atoms with E-state index in [0.717, 1.165) is 6.08 Å². The van der Waals surface area contributed by atoms with Gasteiger partial charge in [0, 0.05) is 12.0 Å². The molecule has 0 fully saturated rings. The lowest BCUT2D eigenvalue weighted by Crippen LogP contribution is -2.31. The number of Topliss-reactive ketones (excluding diaryl/α,β-unsaturated/α-hetero) is 2. The first-order valence-electron chi connectivity index (χ1n) is 8.38. The van der Waals surface area contributed by atoms with Crippen LogP contribution in [0.5, 0.6) is 0 Å². The molecule has 0 bridgehead atoms. The first-order chi connectivity index (χ1) is 14.1. The third-order valence-corrected chi connectivity index (χ3v) is 6.34. The van der Waals surface area contributed by atoms with E-state index in [-0.39, 0.29) is 43.3 Å². The van der Waals surface area contributed by atoms with Gasteiger partial charge in [-0.3, -0.25) is 9.59 Å². The minimum absolute atomic E-state index is 0.0507. The number of alkyl halides is 1. The number of carbonyl (C=O) groups excluding carboxylic acids is 2. The maximum Gasteiger partial charge on any atom is 0.200 e. The molecule has 0 heterocycles. The summed E-state index contributed by atoms with van der Waals surface area (Å²) in [5.41, 5.74) is -2.51. The second-order valence-electron chi connectivity index (χ2n) is 6.54. The monoisotopic (exact) mass is 491 g/mol. The fourth-order valence-electron chi connectivity index (χ4n) is 3.37. The topological polar surface area (TPSA) is 46.2 Å². The van der Waals surface area contributed by atoms with Crippen molar-refractivity contribution in [3.8, 4) is 0 Å². The molecule has 0 saturated heterocycles. The maximum absolute atomic E-state index is 15.3. The van der Waals surface area contributed by atoms with E-state index in [1.165, 1.54) is 18.2 Å². The van der Waals surface area contributed by atoms with Gasteiger partial charge in [-0.2, -0.15) is 0 Å². The molecule has 1 N–H and O–H groups in total. The summed E-state index contributed by atoms with van der Waals surface area (Å²) in [7, 11) is 0. The van der Waals surface area contributed by atoms with Gasteiger partial charge in [0.1, 0.15) is 0 Å². The average molecular weight is 493 g/mol. The van der Waals surface area contributed by atoms with Crippen LogP contribution in [-0.4, -0.2) is 17.7 Å². The molecule has 3 nitrogen and oxygen atoms in total. The summed E-state index contributed by atoms with van der Waals surface area (Å²) in [4.78, 5) is 24.7. The smallest absolute Gasteiger partial charge is 0.200 e. The number of ketones is 2. The van der Waals surface area contributed by atoms with Gasteiger partial charge in [0.25, 0.3) is 0 Å². The summed E-state index contributed by atoms with van der Waals surface area (Å²) in [5.74, 6) is -4.87. The summed E-state index contributed by atoms with van der Waals surface area (Å²) >= 11 is 24.0. The summed E-state index contributed by atoms with van der Waals surface area (Å²) < 4.78 is 45.0. The predicted molar refractivity (Wildman–Crippen MR) is 110 cm³/mol. The number of nitrogens with one attached hydrogen (secondary N) is 1. The van der Waals surface area contributed by atoms with Crippen LogP contribution in [0.25, 0.3) is 0 Å². The van der Waals surface area contributed by atoms with Crippen molar-refractivity contribution in [2.45, 2.75) is 12.6 Å². The lowest BCUT2D eigenvalue weighted by molar-refractivity contribution is -0.119. The molecule has 1 atom stereocenters. The molecule has 0 amide bonds. The van der Waals surface area contributed by atoms with Crippen molar-refractivity contribution in [2.75, 3.05) is 5.32 Å². The highest BCUT2D eigenvalue weighted by Gasteiger charge is 2.43. The van der Waals surface area contributed by atoms with Crippen LogP contribution in [-0.2, 0) is 9.59 Å². The summed E-state index contributed by atoms with van der Waals surface area (Å²) in [6.45, 7) is 0. The van der Waals surface area contributed by atoms with Crippen molar-refractivity contribution >= 4 is 63.7 Å². The number of fused-ring (bicyclic) bond motifs is 1. The predicted octanol–water partition coefficient (Wildman–Crippen LogP) is 6.80. The Bertz CT molecular complexity index is 1180. The molecule has 1 unspecified atom stereocenters. The van der Waals surface area contributed by atoms with Gasteiger partial charge < -0.3 is 5.32 Å². The molecule has 10 heteroatoms. The van der Waals surface area contributed by atoms with Crippen molar-refractivity contribution < 1.29 is 22.8 Å². The molecular formula is C20H8Cl4F3NO2. The van der Waals surface area contributed by atoms with Crippen LogP contribution < -0.4 is 5.32 Å². The van der Waals surface area contributed by atoms with Gasteiger partial charge >= 0.3 is 0 Å². The number of hydrogen-bond donors (Lipinski definition) is 1. The Morgan fingerprint density at radius 1 is 0.967 bits per heavy atom. The normalized spacial score (nSPS) is 21.2. The maximum atomic E-state index is 15.3. The number of anilines is 1. The van der Waals surface area contributed by atoms with Gasteiger partial charge in [-0.1, -0.05) is 58.6 Å². The van der Waals surface area contributed by atoms with E-state index in [1.807, 2.05) is 0 Å². The van der Waals surface area contributed by atoms with E-state index in [2.05, 4.69) is 5.32 Å². The van der Waals surface area contributed by atoms with Crippen molar-refractivity contribution in [1.29, 1.82) is 0 Å². The molecule has 3 aliphatic carbocycles. The van der Waals surface area contributed by atoms with Crippen LogP contribution in [0.4, 0.5) is 18.9 Å². The van der Waals surface area contributed by atoms with E-state index < -0.39 is 46.2 Å². The number of benzene rings is 1. The Morgan fingerprint density at radius 2 is 1.60 bits per heavy atom. The van der Waals surface area contributed by atoms with Crippen LogP contribution in [0.1, 0.15) is 6.42 Å². The zero-order valence-electron chi connectivity index (χ0n) is 14.6. The van der Waals surface area contributed by atoms with Crippen molar-refractivity contribution in [1.82, 2.24) is 0 Å². The largest absolute Gasteiger partial charge is 0.351 e. The second kappa shape index (κ2) is 7.61. The van der Waals surface area contributed by atoms with Crippen LogP contribution in [0.15, 0.2) is 63.9 Å². The summed E-state index contributed by atoms with van der Waals surface area (Å²) in [6.07, 6.45) is 1.75. The second-order valence-corrected chi connectivity index (χ2v) is 8.11. The molecule has 0 aliphatic heterocycles. The van der Waals surface area contributed by atoms with Gasteiger partial charge in [-0.15, -0.1) is 0 Å². The molecule has 0 saturated carbocycles. The lowest BCUT2D eigenvalue weighted by Gasteiger charge is -2.29. The van der Waals surface area contributed by atoms with E-state index in [0.29, 0.717) is 0 Å². The highest BCUT2D eigenvalue weighted by Crippen LogP contribution is 2.46.